The molecule has 3 aromatic carbocycles. The number of hydrogen-bond donors (Lipinski definition) is 0. The molecule has 0 bridgehead atoms. The number of rotatable bonds is 0. The van der Waals surface area contributed by atoms with Crippen molar-refractivity contribution in [1.82, 2.24) is 0 Å². The lowest BCUT2D eigenvalue weighted by atomic mass is 10.0. The molecule has 0 radical (unpaired) electrons. The second kappa shape index (κ2) is 4.96. The first-order chi connectivity index (χ1) is 9.34. The number of benzene rings is 3. The Bertz CT molecular complexity index is 786. The van der Waals surface area contributed by atoms with Gasteiger partial charge in [-0.05, 0) is 29.0 Å². The third-order valence-corrected chi connectivity index (χ3v) is 3.00. The van der Waals surface area contributed by atoms with Crippen LogP contribution in [0.5, 0.6) is 0 Å². The van der Waals surface area contributed by atoms with Gasteiger partial charge >= 0.3 is 0 Å². The fourth-order valence-electron chi connectivity index (χ4n) is 2.03. The molecule has 0 nitrogen and oxygen atoms in total. The highest BCUT2D eigenvalue weighted by atomic mass is 19.1. The Hall–Kier alpha value is -2.59. The van der Waals surface area contributed by atoms with Gasteiger partial charge in [0, 0.05) is 5.56 Å². The molecular weight excluding hydrogens is 235 g/mol. The van der Waals surface area contributed by atoms with E-state index < -0.39 is 0 Å². The minimum Gasteiger partial charge on any atom is -0.206 e. The van der Waals surface area contributed by atoms with Crippen molar-refractivity contribution < 1.29 is 4.39 Å². The maximum Gasteiger partial charge on any atom is 0.138 e. The van der Waals surface area contributed by atoms with E-state index in [1.165, 1.54) is 6.07 Å². The molecule has 0 unspecified atom stereocenters. The Labute approximate surface area is 111 Å². The first-order valence-electron chi connectivity index (χ1n) is 6.09. The summed E-state index contributed by atoms with van der Waals surface area (Å²) in [5, 5.41) is 2.23. The molecule has 1 heteroatoms. The van der Waals surface area contributed by atoms with Crippen molar-refractivity contribution in [2.75, 3.05) is 0 Å². The van der Waals surface area contributed by atoms with Gasteiger partial charge in [-0.15, -0.1) is 0 Å². The summed E-state index contributed by atoms with van der Waals surface area (Å²) in [7, 11) is 0. The minimum atomic E-state index is -0.282. The summed E-state index contributed by atoms with van der Waals surface area (Å²) in [6, 6.07) is 20.6. The Morgan fingerprint density at radius 2 is 1.26 bits per heavy atom. The van der Waals surface area contributed by atoms with Crippen LogP contribution >= 0.6 is 0 Å². The van der Waals surface area contributed by atoms with Crippen LogP contribution in [0.3, 0.4) is 0 Å². The SMILES string of the molecule is Fc1ccccc1C#Cc1cccc2ccccc12. The predicted octanol–water partition coefficient (Wildman–Crippen LogP) is 4.38. The lowest BCUT2D eigenvalue weighted by Crippen LogP contribution is -1.83. The van der Waals surface area contributed by atoms with Crippen LogP contribution in [-0.4, -0.2) is 0 Å². The average molecular weight is 246 g/mol. The highest BCUT2D eigenvalue weighted by Crippen LogP contribution is 2.17. The van der Waals surface area contributed by atoms with E-state index in [0.29, 0.717) is 5.56 Å². The second-order valence-corrected chi connectivity index (χ2v) is 4.26. The van der Waals surface area contributed by atoms with Gasteiger partial charge < -0.3 is 0 Å². The van der Waals surface area contributed by atoms with Gasteiger partial charge in [0.05, 0.1) is 5.56 Å². The van der Waals surface area contributed by atoms with E-state index in [0.717, 1.165) is 16.3 Å². The average Bonchev–Trinajstić information content (AvgIpc) is 2.46. The van der Waals surface area contributed by atoms with E-state index >= 15 is 0 Å². The van der Waals surface area contributed by atoms with Crippen molar-refractivity contribution in [1.29, 1.82) is 0 Å². The van der Waals surface area contributed by atoms with Gasteiger partial charge in [0.25, 0.3) is 0 Å². The molecule has 0 aromatic heterocycles. The summed E-state index contributed by atoms with van der Waals surface area (Å²) in [5.74, 6) is 5.67. The van der Waals surface area contributed by atoms with E-state index in [2.05, 4.69) is 11.8 Å². The van der Waals surface area contributed by atoms with Gasteiger partial charge in [-0.25, -0.2) is 4.39 Å². The predicted molar refractivity (Wildman–Crippen MR) is 76.3 cm³/mol. The lowest BCUT2D eigenvalue weighted by Gasteiger charge is -1.99. The van der Waals surface area contributed by atoms with Crippen LogP contribution in [0.1, 0.15) is 11.1 Å². The van der Waals surface area contributed by atoms with Gasteiger partial charge in [-0.3, -0.25) is 0 Å². The van der Waals surface area contributed by atoms with Crippen LogP contribution in [0.15, 0.2) is 66.7 Å². The topological polar surface area (TPSA) is 0 Å². The fourth-order valence-corrected chi connectivity index (χ4v) is 2.03. The Kier molecular flexibility index (Phi) is 3.00. The zero-order valence-corrected chi connectivity index (χ0v) is 10.2. The molecule has 0 heterocycles. The molecule has 0 spiro atoms. The van der Waals surface area contributed by atoms with Crippen molar-refractivity contribution >= 4 is 10.8 Å². The molecule has 0 N–H and O–H groups in total. The number of hydrogen-bond acceptors (Lipinski definition) is 0. The molecule has 0 fully saturated rings. The highest BCUT2D eigenvalue weighted by molar-refractivity contribution is 5.88. The molecule has 0 aliphatic heterocycles. The molecule has 3 aromatic rings. The molecule has 19 heavy (non-hydrogen) atoms. The summed E-state index contributed by atoms with van der Waals surface area (Å²) in [4.78, 5) is 0. The Balaban J connectivity index is 2.11. The monoisotopic (exact) mass is 246 g/mol. The normalized spacial score (nSPS) is 9.95. The standard InChI is InChI=1S/C18H11F/c19-18-11-4-2-7-16(18)13-12-15-9-5-8-14-6-1-3-10-17(14)15/h1-11H. The number of fused-ring (bicyclic) bond motifs is 1. The molecule has 0 aliphatic rings. The summed E-state index contributed by atoms with van der Waals surface area (Å²) < 4.78 is 13.5. The van der Waals surface area contributed by atoms with Crippen molar-refractivity contribution in [3.05, 3.63) is 83.7 Å². The molecule has 0 saturated carbocycles. The quantitative estimate of drug-likeness (QED) is 0.516. The lowest BCUT2D eigenvalue weighted by molar-refractivity contribution is 0.624. The zero-order chi connectivity index (χ0) is 13.1. The van der Waals surface area contributed by atoms with Crippen molar-refractivity contribution in [2.45, 2.75) is 0 Å². The number of halogens is 1. The first-order valence-corrected chi connectivity index (χ1v) is 6.09. The van der Waals surface area contributed by atoms with Gasteiger partial charge in [0.2, 0.25) is 0 Å². The molecule has 0 aliphatic carbocycles. The highest BCUT2D eigenvalue weighted by Gasteiger charge is 1.98. The van der Waals surface area contributed by atoms with E-state index in [9.17, 15) is 4.39 Å². The summed E-state index contributed by atoms with van der Waals surface area (Å²) in [6.07, 6.45) is 0. The van der Waals surface area contributed by atoms with Gasteiger partial charge in [-0.2, -0.15) is 0 Å². The van der Waals surface area contributed by atoms with Gasteiger partial charge in [-0.1, -0.05) is 60.4 Å². The van der Waals surface area contributed by atoms with E-state index in [4.69, 9.17) is 0 Å². The van der Waals surface area contributed by atoms with Crippen LogP contribution in [0.2, 0.25) is 0 Å². The van der Waals surface area contributed by atoms with Crippen molar-refractivity contribution in [3.8, 4) is 11.8 Å². The Morgan fingerprint density at radius 3 is 2.16 bits per heavy atom. The first kappa shape index (κ1) is 11.5. The molecule has 0 amide bonds. The maximum atomic E-state index is 13.5. The van der Waals surface area contributed by atoms with Crippen LogP contribution in [0, 0.1) is 17.7 Å². The van der Waals surface area contributed by atoms with E-state index in [1.54, 1.807) is 18.2 Å². The van der Waals surface area contributed by atoms with Gasteiger partial charge in [0.15, 0.2) is 0 Å². The molecular formula is C18H11F. The third kappa shape index (κ3) is 2.34. The van der Waals surface area contributed by atoms with Crippen LogP contribution < -0.4 is 0 Å². The van der Waals surface area contributed by atoms with Crippen LogP contribution in [-0.2, 0) is 0 Å². The summed E-state index contributed by atoms with van der Waals surface area (Å²) in [5.41, 5.74) is 1.34. The summed E-state index contributed by atoms with van der Waals surface area (Å²) in [6.45, 7) is 0. The van der Waals surface area contributed by atoms with Crippen LogP contribution in [0.4, 0.5) is 4.39 Å². The molecule has 90 valence electrons. The zero-order valence-electron chi connectivity index (χ0n) is 10.2. The largest absolute Gasteiger partial charge is 0.206 e. The second-order valence-electron chi connectivity index (χ2n) is 4.26. The Morgan fingerprint density at radius 1 is 0.632 bits per heavy atom. The third-order valence-electron chi connectivity index (χ3n) is 3.00. The van der Waals surface area contributed by atoms with Gasteiger partial charge in [0.1, 0.15) is 5.82 Å². The van der Waals surface area contributed by atoms with Crippen molar-refractivity contribution in [2.24, 2.45) is 0 Å². The molecule has 0 saturated heterocycles. The van der Waals surface area contributed by atoms with E-state index in [-0.39, 0.29) is 5.82 Å². The summed E-state index contributed by atoms with van der Waals surface area (Å²) >= 11 is 0. The van der Waals surface area contributed by atoms with Crippen LogP contribution in [0.25, 0.3) is 10.8 Å². The van der Waals surface area contributed by atoms with E-state index in [1.807, 2.05) is 42.5 Å². The maximum absolute atomic E-state index is 13.5. The minimum absolute atomic E-state index is 0.282. The fraction of sp³-hybridized carbons (Fsp3) is 0. The smallest absolute Gasteiger partial charge is 0.138 e. The molecule has 0 atom stereocenters. The molecule has 3 rings (SSSR count). The van der Waals surface area contributed by atoms with Crippen molar-refractivity contribution in [3.63, 3.8) is 0 Å².